The van der Waals surface area contributed by atoms with Crippen LogP contribution in [0.25, 0.3) is 0 Å². The molecule has 0 aliphatic carbocycles. The van der Waals surface area contributed by atoms with E-state index in [9.17, 15) is 19.3 Å². The maximum Gasteiger partial charge on any atom is 0.271 e. The predicted octanol–water partition coefficient (Wildman–Crippen LogP) is 4.57. The number of nitrogens with zero attached hydrogens (tertiary/aromatic N) is 1. The monoisotopic (exact) mass is 366 g/mol. The van der Waals surface area contributed by atoms with Gasteiger partial charge in [0.05, 0.1) is 10.6 Å². The Bertz CT molecular complexity index is 977. The molecule has 0 saturated heterocycles. The van der Waals surface area contributed by atoms with Gasteiger partial charge in [0.2, 0.25) is 0 Å². The number of halogens is 1. The lowest BCUT2D eigenvalue weighted by molar-refractivity contribution is -0.384. The SMILES string of the molecule is O=C(Nc1cc([N+](=O)[O-])ccc1F)c1ccccc1COc1ccccc1. The molecule has 0 saturated carbocycles. The van der Waals surface area contributed by atoms with E-state index in [1.54, 1.807) is 36.4 Å². The maximum absolute atomic E-state index is 13.9. The molecule has 0 aliphatic rings. The van der Waals surface area contributed by atoms with Crippen LogP contribution < -0.4 is 10.1 Å². The summed E-state index contributed by atoms with van der Waals surface area (Å²) in [5.74, 6) is -0.689. The number of hydrogen-bond acceptors (Lipinski definition) is 4. The minimum atomic E-state index is -0.757. The van der Waals surface area contributed by atoms with Crippen molar-refractivity contribution in [3.63, 3.8) is 0 Å². The van der Waals surface area contributed by atoms with Crippen molar-refractivity contribution in [2.75, 3.05) is 5.32 Å². The second-order valence-electron chi connectivity index (χ2n) is 5.63. The molecule has 3 rings (SSSR count). The highest BCUT2D eigenvalue weighted by Gasteiger charge is 2.16. The van der Waals surface area contributed by atoms with Gasteiger partial charge in [0.25, 0.3) is 11.6 Å². The van der Waals surface area contributed by atoms with Crippen molar-refractivity contribution in [3.8, 4) is 5.75 Å². The molecule has 0 aromatic heterocycles. The van der Waals surface area contributed by atoms with Crippen LogP contribution in [0.5, 0.6) is 5.75 Å². The molecule has 27 heavy (non-hydrogen) atoms. The third kappa shape index (κ3) is 4.46. The van der Waals surface area contributed by atoms with Gasteiger partial charge in [-0.1, -0.05) is 36.4 Å². The lowest BCUT2D eigenvalue weighted by atomic mass is 10.1. The van der Waals surface area contributed by atoms with E-state index in [2.05, 4.69) is 5.32 Å². The zero-order valence-electron chi connectivity index (χ0n) is 14.1. The van der Waals surface area contributed by atoms with Gasteiger partial charge in [-0.2, -0.15) is 0 Å². The molecule has 0 radical (unpaired) electrons. The third-order valence-electron chi connectivity index (χ3n) is 3.81. The van der Waals surface area contributed by atoms with Gasteiger partial charge in [-0.3, -0.25) is 14.9 Å². The van der Waals surface area contributed by atoms with E-state index >= 15 is 0 Å². The Kier molecular flexibility index (Phi) is 5.41. The number of ether oxygens (including phenoxy) is 1. The van der Waals surface area contributed by atoms with E-state index in [1.807, 2.05) is 18.2 Å². The van der Waals surface area contributed by atoms with Gasteiger partial charge in [0.15, 0.2) is 0 Å². The summed E-state index contributed by atoms with van der Waals surface area (Å²) >= 11 is 0. The van der Waals surface area contributed by atoms with Crippen molar-refractivity contribution in [1.29, 1.82) is 0 Å². The Morgan fingerprint density at radius 1 is 1.04 bits per heavy atom. The summed E-state index contributed by atoms with van der Waals surface area (Å²) < 4.78 is 19.6. The van der Waals surface area contributed by atoms with Crippen LogP contribution in [0.3, 0.4) is 0 Å². The van der Waals surface area contributed by atoms with Crippen molar-refractivity contribution < 1.29 is 18.8 Å². The molecule has 1 amide bonds. The van der Waals surface area contributed by atoms with Crippen molar-refractivity contribution in [1.82, 2.24) is 0 Å². The molecular formula is C20H15FN2O4. The maximum atomic E-state index is 13.9. The second-order valence-corrected chi connectivity index (χ2v) is 5.63. The topological polar surface area (TPSA) is 81.5 Å². The molecule has 0 atom stereocenters. The van der Waals surface area contributed by atoms with E-state index in [0.717, 1.165) is 18.2 Å². The minimum Gasteiger partial charge on any atom is -0.489 e. The number of para-hydroxylation sites is 1. The van der Waals surface area contributed by atoms with E-state index < -0.39 is 16.6 Å². The molecule has 0 bridgehead atoms. The highest BCUT2D eigenvalue weighted by atomic mass is 19.1. The van der Waals surface area contributed by atoms with Crippen LogP contribution in [0.2, 0.25) is 0 Å². The number of nitrogens with one attached hydrogen (secondary N) is 1. The van der Waals surface area contributed by atoms with Crippen molar-refractivity contribution in [2.24, 2.45) is 0 Å². The fraction of sp³-hybridized carbons (Fsp3) is 0.0500. The van der Waals surface area contributed by atoms with Crippen LogP contribution in [0.4, 0.5) is 15.8 Å². The van der Waals surface area contributed by atoms with Gasteiger partial charge in [0.1, 0.15) is 18.2 Å². The highest BCUT2D eigenvalue weighted by Crippen LogP contribution is 2.23. The Hall–Kier alpha value is -3.74. The molecule has 3 aromatic carbocycles. The van der Waals surface area contributed by atoms with Crippen LogP contribution in [-0.2, 0) is 6.61 Å². The summed E-state index contributed by atoms with van der Waals surface area (Å²) in [7, 11) is 0. The summed E-state index contributed by atoms with van der Waals surface area (Å²) in [6, 6.07) is 18.8. The Labute approximate surface area is 154 Å². The Morgan fingerprint density at radius 2 is 1.74 bits per heavy atom. The van der Waals surface area contributed by atoms with Crippen LogP contribution in [-0.4, -0.2) is 10.8 Å². The predicted molar refractivity (Wildman–Crippen MR) is 98.2 cm³/mol. The van der Waals surface area contributed by atoms with Gasteiger partial charge < -0.3 is 10.1 Å². The highest BCUT2D eigenvalue weighted by molar-refractivity contribution is 6.05. The summed E-state index contributed by atoms with van der Waals surface area (Å²) in [6.45, 7) is 0.144. The van der Waals surface area contributed by atoms with E-state index in [-0.39, 0.29) is 18.0 Å². The molecule has 0 unspecified atom stereocenters. The smallest absolute Gasteiger partial charge is 0.271 e. The van der Waals surface area contributed by atoms with E-state index in [1.165, 1.54) is 0 Å². The average molecular weight is 366 g/mol. The number of benzene rings is 3. The second kappa shape index (κ2) is 8.09. The van der Waals surface area contributed by atoms with E-state index in [0.29, 0.717) is 16.9 Å². The first-order valence-electron chi connectivity index (χ1n) is 8.05. The minimum absolute atomic E-state index is 0.144. The first-order chi connectivity index (χ1) is 13.0. The third-order valence-corrected chi connectivity index (χ3v) is 3.81. The van der Waals surface area contributed by atoms with Crippen molar-refractivity contribution in [2.45, 2.75) is 6.61 Å². The number of hydrogen-bond donors (Lipinski definition) is 1. The number of nitro benzene ring substituents is 1. The zero-order valence-corrected chi connectivity index (χ0v) is 14.1. The molecule has 136 valence electrons. The van der Waals surface area contributed by atoms with Crippen LogP contribution in [0, 0.1) is 15.9 Å². The molecule has 7 heteroatoms. The fourth-order valence-electron chi connectivity index (χ4n) is 2.46. The number of amides is 1. The lowest BCUT2D eigenvalue weighted by Crippen LogP contribution is -2.16. The lowest BCUT2D eigenvalue weighted by Gasteiger charge is -2.12. The molecule has 1 N–H and O–H groups in total. The Balaban J connectivity index is 1.79. The van der Waals surface area contributed by atoms with Crippen molar-refractivity contribution in [3.05, 3.63) is 99.9 Å². The largest absolute Gasteiger partial charge is 0.489 e. The molecule has 0 heterocycles. The molecule has 3 aromatic rings. The number of nitro groups is 1. The number of non-ortho nitro benzene ring substituents is 1. The fourth-order valence-corrected chi connectivity index (χ4v) is 2.46. The summed E-state index contributed by atoms with van der Waals surface area (Å²) in [5, 5.41) is 13.2. The number of carbonyl (C=O) groups is 1. The normalized spacial score (nSPS) is 10.3. The number of rotatable bonds is 6. The van der Waals surface area contributed by atoms with Crippen molar-refractivity contribution >= 4 is 17.3 Å². The van der Waals surface area contributed by atoms with E-state index in [4.69, 9.17) is 4.74 Å². The average Bonchev–Trinajstić information content (AvgIpc) is 2.69. The molecule has 0 fully saturated rings. The Morgan fingerprint density at radius 3 is 2.48 bits per heavy atom. The van der Waals surface area contributed by atoms with Crippen LogP contribution in [0.1, 0.15) is 15.9 Å². The molecule has 0 aliphatic heterocycles. The van der Waals surface area contributed by atoms with Gasteiger partial charge in [-0.05, 0) is 24.3 Å². The summed E-state index contributed by atoms with van der Waals surface area (Å²) in [4.78, 5) is 22.8. The molecular weight excluding hydrogens is 351 g/mol. The van der Waals surface area contributed by atoms with Crippen LogP contribution >= 0.6 is 0 Å². The number of anilines is 1. The van der Waals surface area contributed by atoms with Crippen LogP contribution in [0.15, 0.2) is 72.8 Å². The standard InChI is InChI=1S/C20H15FN2O4/c21-18-11-10-15(23(25)26)12-19(18)22-20(24)17-9-5-4-6-14(17)13-27-16-7-2-1-3-8-16/h1-12H,13H2,(H,22,24). The molecule has 0 spiro atoms. The van der Waals surface area contributed by atoms with Gasteiger partial charge >= 0.3 is 0 Å². The summed E-state index contributed by atoms with van der Waals surface area (Å²) in [6.07, 6.45) is 0. The summed E-state index contributed by atoms with van der Waals surface area (Å²) in [5.41, 5.74) is 0.324. The quantitative estimate of drug-likeness (QED) is 0.512. The van der Waals surface area contributed by atoms with Gasteiger partial charge in [-0.15, -0.1) is 0 Å². The number of carbonyl (C=O) groups excluding carboxylic acids is 1. The first-order valence-corrected chi connectivity index (χ1v) is 8.05. The molecule has 6 nitrogen and oxygen atoms in total. The first kappa shape index (κ1) is 18.1. The van der Waals surface area contributed by atoms with Gasteiger partial charge in [0, 0.05) is 23.3 Å². The van der Waals surface area contributed by atoms with Gasteiger partial charge in [-0.25, -0.2) is 4.39 Å². The zero-order chi connectivity index (χ0) is 19.2.